The lowest BCUT2D eigenvalue weighted by atomic mass is 10.1. The van der Waals surface area contributed by atoms with Gasteiger partial charge in [0.1, 0.15) is 11.8 Å². The molecule has 1 aliphatic rings. The Kier molecular flexibility index (Phi) is 5.27. The summed E-state index contributed by atoms with van der Waals surface area (Å²) in [6, 6.07) is 4.86. The second kappa shape index (κ2) is 7.43. The zero-order valence-electron chi connectivity index (χ0n) is 13.2. The molecule has 1 aliphatic heterocycles. The van der Waals surface area contributed by atoms with Gasteiger partial charge in [0.25, 0.3) is 5.91 Å². The molecule has 1 aromatic carbocycles. The third kappa shape index (κ3) is 3.49. The molecule has 9 heteroatoms. The molecule has 0 aliphatic carbocycles. The Labute approximate surface area is 153 Å². The van der Waals surface area contributed by atoms with Crippen molar-refractivity contribution in [2.24, 2.45) is 0 Å². The van der Waals surface area contributed by atoms with Crippen LogP contribution in [-0.2, 0) is 14.3 Å². The number of aromatic nitrogens is 1. The minimum absolute atomic E-state index is 0.0659. The first-order valence-electron chi connectivity index (χ1n) is 7.47. The lowest BCUT2D eigenvalue weighted by Gasteiger charge is -2.09. The second-order valence-corrected chi connectivity index (χ2v) is 6.13. The number of carbonyl (C=O) groups is 2. The van der Waals surface area contributed by atoms with Crippen LogP contribution in [0, 0.1) is 0 Å². The lowest BCUT2D eigenvalue weighted by molar-refractivity contribution is -0.124. The number of carbonyl (C=O) groups excluding carboxylic acids is 2. The Morgan fingerprint density at radius 3 is 2.64 bits per heavy atom. The molecule has 1 aromatic heterocycles. The van der Waals surface area contributed by atoms with Gasteiger partial charge in [0.15, 0.2) is 5.56 Å². The molecule has 0 saturated carbocycles. The first-order chi connectivity index (χ1) is 12.0. The Hall–Kier alpha value is -2.09. The van der Waals surface area contributed by atoms with Crippen LogP contribution < -0.4 is 5.32 Å². The number of hydrogen-bond donors (Lipinski definition) is 1. The van der Waals surface area contributed by atoms with Crippen molar-refractivity contribution < 1.29 is 23.6 Å². The number of benzene rings is 1. The molecular formula is C16H14Cl2N2O5. The molecule has 1 atom stereocenters. The number of hydrogen-bond acceptors (Lipinski definition) is 6. The van der Waals surface area contributed by atoms with Gasteiger partial charge < -0.3 is 14.0 Å². The molecule has 3 rings (SSSR count). The van der Waals surface area contributed by atoms with Gasteiger partial charge in [0.05, 0.1) is 17.2 Å². The Balaban J connectivity index is 2.01. The van der Waals surface area contributed by atoms with Gasteiger partial charge in [-0.2, -0.15) is 0 Å². The Morgan fingerprint density at radius 2 is 2.04 bits per heavy atom. The van der Waals surface area contributed by atoms with Crippen LogP contribution in [-0.4, -0.2) is 36.9 Å². The summed E-state index contributed by atoms with van der Waals surface area (Å²) in [5.41, 5.74) is 0.335. The van der Waals surface area contributed by atoms with E-state index in [1.165, 1.54) is 7.11 Å². The minimum atomic E-state index is -0.741. The zero-order valence-corrected chi connectivity index (χ0v) is 14.7. The van der Waals surface area contributed by atoms with E-state index in [1.807, 2.05) is 0 Å². The molecule has 1 saturated heterocycles. The molecule has 132 valence electrons. The quantitative estimate of drug-likeness (QED) is 0.810. The predicted molar refractivity (Wildman–Crippen MR) is 90.9 cm³/mol. The lowest BCUT2D eigenvalue weighted by Crippen LogP contribution is -2.27. The van der Waals surface area contributed by atoms with Gasteiger partial charge >= 0.3 is 5.97 Å². The van der Waals surface area contributed by atoms with Gasteiger partial charge in [-0.3, -0.25) is 10.1 Å². The van der Waals surface area contributed by atoms with E-state index in [2.05, 4.69) is 10.5 Å². The van der Waals surface area contributed by atoms with E-state index in [9.17, 15) is 9.59 Å². The molecule has 0 bridgehead atoms. The van der Waals surface area contributed by atoms with Crippen LogP contribution >= 0.6 is 23.2 Å². The molecule has 1 fully saturated rings. The number of halogens is 2. The highest BCUT2D eigenvalue weighted by molar-refractivity contribution is 6.39. The van der Waals surface area contributed by atoms with E-state index >= 15 is 0 Å². The Bertz CT molecular complexity index is 795. The van der Waals surface area contributed by atoms with Crippen LogP contribution in [0.15, 0.2) is 22.7 Å². The van der Waals surface area contributed by atoms with Gasteiger partial charge in [0, 0.05) is 12.2 Å². The van der Waals surface area contributed by atoms with Crippen LogP contribution in [0.5, 0.6) is 0 Å². The van der Waals surface area contributed by atoms with Gasteiger partial charge in [-0.1, -0.05) is 34.4 Å². The fourth-order valence-electron chi connectivity index (χ4n) is 2.54. The smallest absolute Gasteiger partial charge is 0.345 e. The maximum absolute atomic E-state index is 12.2. The van der Waals surface area contributed by atoms with E-state index in [0.29, 0.717) is 18.6 Å². The molecule has 2 aromatic rings. The summed E-state index contributed by atoms with van der Waals surface area (Å²) < 4.78 is 15.2. The number of esters is 1. The molecule has 1 amide bonds. The van der Waals surface area contributed by atoms with Crippen LogP contribution in [0.4, 0.5) is 5.88 Å². The average Bonchev–Trinajstić information content (AvgIpc) is 3.24. The summed E-state index contributed by atoms with van der Waals surface area (Å²) in [6.45, 7) is 0.513. The number of ether oxygens (including phenoxy) is 2. The summed E-state index contributed by atoms with van der Waals surface area (Å²) in [6.07, 6.45) is 0.790. The van der Waals surface area contributed by atoms with Crippen LogP contribution in [0.2, 0.25) is 10.0 Å². The number of methoxy groups -OCH3 is 1. The SMILES string of the molecule is COC(=O)c1c(-c2c(Cl)cccc2Cl)noc1NC(=O)C1CCCO1. The van der Waals surface area contributed by atoms with Crippen molar-refractivity contribution in [3.8, 4) is 11.3 Å². The summed E-state index contributed by atoms with van der Waals surface area (Å²) in [5.74, 6) is -1.30. The van der Waals surface area contributed by atoms with Crippen LogP contribution in [0.3, 0.4) is 0 Å². The summed E-state index contributed by atoms with van der Waals surface area (Å²) >= 11 is 12.4. The average molecular weight is 385 g/mol. The standard InChI is InChI=1S/C16H14Cl2N2O5/c1-23-16(22)12-13(11-8(17)4-2-5-9(11)18)20-25-15(12)19-14(21)10-6-3-7-24-10/h2,4-5,10H,3,6-7H2,1H3,(H,19,21). The molecule has 7 nitrogen and oxygen atoms in total. The highest BCUT2D eigenvalue weighted by atomic mass is 35.5. The number of nitrogens with zero attached hydrogens (tertiary/aromatic N) is 1. The zero-order chi connectivity index (χ0) is 18.0. The first kappa shape index (κ1) is 17.7. The highest BCUT2D eigenvalue weighted by Crippen LogP contribution is 2.38. The van der Waals surface area contributed by atoms with E-state index in [1.54, 1.807) is 18.2 Å². The van der Waals surface area contributed by atoms with Gasteiger partial charge in [0.2, 0.25) is 5.88 Å². The molecule has 1 unspecified atom stereocenters. The van der Waals surface area contributed by atoms with Gasteiger partial charge in [-0.15, -0.1) is 0 Å². The van der Waals surface area contributed by atoms with Crippen molar-refractivity contribution >= 4 is 41.0 Å². The fourth-order valence-corrected chi connectivity index (χ4v) is 3.11. The molecule has 25 heavy (non-hydrogen) atoms. The van der Waals surface area contributed by atoms with Gasteiger partial charge in [-0.25, -0.2) is 4.79 Å². The van der Waals surface area contributed by atoms with Crippen molar-refractivity contribution in [2.45, 2.75) is 18.9 Å². The van der Waals surface area contributed by atoms with Crippen molar-refractivity contribution in [2.75, 3.05) is 19.0 Å². The normalized spacial score (nSPS) is 16.7. The third-order valence-electron chi connectivity index (χ3n) is 3.74. The summed E-state index contributed by atoms with van der Waals surface area (Å²) in [4.78, 5) is 24.5. The summed E-state index contributed by atoms with van der Waals surface area (Å²) in [7, 11) is 1.21. The van der Waals surface area contributed by atoms with E-state index < -0.39 is 18.0 Å². The first-order valence-corrected chi connectivity index (χ1v) is 8.23. The number of anilines is 1. The molecule has 0 radical (unpaired) electrons. The van der Waals surface area contributed by atoms with E-state index in [0.717, 1.165) is 6.42 Å². The van der Waals surface area contributed by atoms with Crippen LogP contribution in [0.25, 0.3) is 11.3 Å². The predicted octanol–water partition coefficient (Wildman–Crippen LogP) is 3.55. The maximum Gasteiger partial charge on any atom is 0.345 e. The number of rotatable bonds is 4. The molecule has 1 N–H and O–H groups in total. The number of nitrogens with one attached hydrogen (secondary N) is 1. The molecule has 0 spiro atoms. The van der Waals surface area contributed by atoms with Crippen molar-refractivity contribution in [1.29, 1.82) is 0 Å². The monoisotopic (exact) mass is 384 g/mol. The fraction of sp³-hybridized carbons (Fsp3) is 0.312. The minimum Gasteiger partial charge on any atom is -0.465 e. The van der Waals surface area contributed by atoms with Crippen LogP contribution in [0.1, 0.15) is 23.2 Å². The Morgan fingerprint density at radius 1 is 1.32 bits per heavy atom. The van der Waals surface area contributed by atoms with E-state index in [4.69, 9.17) is 37.2 Å². The second-order valence-electron chi connectivity index (χ2n) is 5.31. The summed E-state index contributed by atoms with van der Waals surface area (Å²) in [5, 5.41) is 6.93. The third-order valence-corrected chi connectivity index (χ3v) is 4.37. The molecular weight excluding hydrogens is 371 g/mol. The molecule has 2 heterocycles. The number of amides is 1. The van der Waals surface area contributed by atoms with Gasteiger partial charge in [-0.05, 0) is 25.0 Å². The maximum atomic E-state index is 12.2. The largest absolute Gasteiger partial charge is 0.465 e. The topological polar surface area (TPSA) is 90.7 Å². The van der Waals surface area contributed by atoms with Crippen molar-refractivity contribution in [3.05, 3.63) is 33.8 Å². The van der Waals surface area contributed by atoms with E-state index in [-0.39, 0.29) is 27.2 Å². The van der Waals surface area contributed by atoms with Crippen molar-refractivity contribution in [3.63, 3.8) is 0 Å². The highest BCUT2D eigenvalue weighted by Gasteiger charge is 2.31. The van der Waals surface area contributed by atoms with Crippen molar-refractivity contribution in [1.82, 2.24) is 5.16 Å².